The standard InChI is InChI=1S/C16H16N4O/c1-12-4-2-3-5-13(12)10-21-15-8-6-14(7-9-15)20-11-18-16(17)19-20/h2-9,11H,10H2,1H3,(H2,17,19). The van der Waals surface area contributed by atoms with Gasteiger partial charge in [0.15, 0.2) is 0 Å². The number of hydrogen-bond donors (Lipinski definition) is 1. The molecule has 1 heterocycles. The van der Waals surface area contributed by atoms with E-state index in [1.807, 2.05) is 36.4 Å². The molecule has 0 amide bonds. The van der Waals surface area contributed by atoms with Gasteiger partial charge in [0.1, 0.15) is 18.7 Å². The molecular weight excluding hydrogens is 264 g/mol. The van der Waals surface area contributed by atoms with Crippen LogP contribution in [0.25, 0.3) is 5.69 Å². The van der Waals surface area contributed by atoms with E-state index in [4.69, 9.17) is 10.5 Å². The Kier molecular flexibility index (Phi) is 3.55. The maximum Gasteiger partial charge on any atom is 0.239 e. The van der Waals surface area contributed by atoms with E-state index in [0.29, 0.717) is 6.61 Å². The fourth-order valence-electron chi connectivity index (χ4n) is 2.03. The highest BCUT2D eigenvalue weighted by molar-refractivity contribution is 5.37. The largest absolute Gasteiger partial charge is 0.489 e. The summed E-state index contributed by atoms with van der Waals surface area (Å²) in [7, 11) is 0. The van der Waals surface area contributed by atoms with Gasteiger partial charge in [0.05, 0.1) is 5.69 Å². The summed E-state index contributed by atoms with van der Waals surface area (Å²) in [5.41, 5.74) is 8.81. The predicted octanol–water partition coefficient (Wildman–Crippen LogP) is 2.74. The van der Waals surface area contributed by atoms with Crippen LogP contribution in [0.15, 0.2) is 54.9 Å². The van der Waals surface area contributed by atoms with Gasteiger partial charge in [-0.3, -0.25) is 0 Å². The molecule has 1 aromatic heterocycles. The van der Waals surface area contributed by atoms with Crippen LogP contribution in [0.3, 0.4) is 0 Å². The summed E-state index contributed by atoms with van der Waals surface area (Å²) >= 11 is 0. The molecule has 0 unspecified atom stereocenters. The number of hydrogen-bond acceptors (Lipinski definition) is 4. The third-order valence-corrected chi connectivity index (χ3v) is 3.27. The summed E-state index contributed by atoms with van der Waals surface area (Å²) in [6.07, 6.45) is 1.58. The molecular formula is C16H16N4O. The summed E-state index contributed by atoms with van der Waals surface area (Å²) in [6, 6.07) is 15.8. The van der Waals surface area contributed by atoms with Crippen LogP contribution in [0.1, 0.15) is 11.1 Å². The molecule has 5 heteroatoms. The lowest BCUT2D eigenvalue weighted by Gasteiger charge is -2.09. The van der Waals surface area contributed by atoms with E-state index in [1.165, 1.54) is 11.1 Å². The van der Waals surface area contributed by atoms with Gasteiger partial charge in [0.25, 0.3) is 0 Å². The van der Waals surface area contributed by atoms with E-state index in [2.05, 4.69) is 29.1 Å². The van der Waals surface area contributed by atoms with Gasteiger partial charge >= 0.3 is 0 Å². The average Bonchev–Trinajstić information content (AvgIpc) is 2.94. The SMILES string of the molecule is Cc1ccccc1COc1ccc(-n2cnc(N)n2)cc1. The first-order valence-corrected chi connectivity index (χ1v) is 6.67. The molecule has 0 saturated carbocycles. The lowest BCUT2D eigenvalue weighted by atomic mass is 10.1. The second kappa shape index (κ2) is 5.66. The molecule has 3 aromatic rings. The molecule has 2 N–H and O–H groups in total. The van der Waals surface area contributed by atoms with E-state index < -0.39 is 0 Å². The lowest BCUT2D eigenvalue weighted by Crippen LogP contribution is -1.99. The first-order chi connectivity index (χ1) is 10.2. The Labute approximate surface area is 123 Å². The third-order valence-electron chi connectivity index (χ3n) is 3.27. The second-order valence-corrected chi connectivity index (χ2v) is 4.76. The first kappa shape index (κ1) is 13.2. The Balaban J connectivity index is 1.69. The first-order valence-electron chi connectivity index (χ1n) is 6.67. The van der Waals surface area contributed by atoms with Crippen molar-refractivity contribution in [2.75, 3.05) is 5.73 Å². The van der Waals surface area contributed by atoms with Gasteiger partial charge in [-0.25, -0.2) is 9.67 Å². The third kappa shape index (κ3) is 3.02. The van der Waals surface area contributed by atoms with Gasteiger partial charge in [-0.1, -0.05) is 24.3 Å². The van der Waals surface area contributed by atoms with Crippen LogP contribution >= 0.6 is 0 Å². The molecule has 3 rings (SSSR count). The highest BCUT2D eigenvalue weighted by Crippen LogP contribution is 2.17. The monoisotopic (exact) mass is 280 g/mol. The van der Waals surface area contributed by atoms with Crippen LogP contribution in [0.2, 0.25) is 0 Å². The molecule has 0 aliphatic heterocycles. The highest BCUT2D eigenvalue weighted by Gasteiger charge is 2.02. The molecule has 0 fully saturated rings. The highest BCUT2D eigenvalue weighted by atomic mass is 16.5. The van der Waals surface area contributed by atoms with E-state index >= 15 is 0 Å². The van der Waals surface area contributed by atoms with Gasteiger partial charge in [-0.15, -0.1) is 5.10 Å². The maximum atomic E-state index is 5.80. The van der Waals surface area contributed by atoms with Gasteiger partial charge < -0.3 is 10.5 Å². The van der Waals surface area contributed by atoms with Crippen molar-refractivity contribution >= 4 is 5.95 Å². The number of nitrogens with two attached hydrogens (primary N) is 1. The molecule has 0 atom stereocenters. The normalized spacial score (nSPS) is 10.5. The Morgan fingerprint density at radius 2 is 1.86 bits per heavy atom. The Morgan fingerprint density at radius 1 is 1.10 bits per heavy atom. The van der Waals surface area contributed by atoms with Gasteiger partial charge in [0, 0.05) is 0 Å². The zero-order valence-electron chi connectivity index (χ0n) is 11.7. The van der Waals surface area contributed by atoms with Crippen molar-refractivity contribution in [1.82, 2.24) is 14.8 Å². The molecule has 0 saturated heterocycles. The molecule has 0 bridgehead atoms. The summed E-state index contributed by atoms with van der Waals surface area (Å²) in [5.74, 6) is 1.07. The summed E-state index contributed by atoms with van der Waals surface area (Å²) < 4.78 is 7.42. The summed E-state index contributed by atoms with van der Waals surface area (Å²) in [5, 5.41) is 4.06. The number of ether oxygens (including phenoxy) is 1. The van der Waals surface area contributed by atoms with Crippen molar-refractivity contribution in [2.45, 2.75) is 13.5 Å². The number of nitrogen functional groups attached to an aromatic ring is 1. The number of rotatable bonds is 4. The molecule has 0 radical (unpaired) electrons. The second-order valence-electron chi connectivity index (χ2n) is 4.76. The molecule has 0 aliphatic carbocycles. The maximum absolute atomic E-state index is 5.80. The smallest absolute Gasteiger partial charge is 0.239 e. The average molecular weight is 280 g/mol. The topological polar surface area (TPSA) is 66.0 Å². The minimum absolute atomic E-state index is 0.259. The minimum atomic E-state index is 0.259. The molecule has 106 valence electrons. The molecule has 0 spiro atoms. The van der Waals surface area contributed by atoms with Crippen LogP contribution in [0, 0.1) is 6.92 Å². The van der Waals surface area contributed by atoms with E-state index in [0.717, 1.165) is 11.4 Å². The number of nitrogens with zero attached hydrogens (tertiary/aromatic N) is 3. The zero-order chi connectivity index (χ0) is 14.7. The Bertz CT molecular complexity index is 734. The summed E-state index contributed by atoms with van der Waals surface area (Å²) in [4.78, 5) is 3.90. The quantitative estimate of drug-likeness (QED) is 0.798. The number of anilines is 1. The van der Waals surface area contributed by atoms with Crippen LogP contribution in [0.4, 0.5) is 5.95 Å². The molecule has 21 heavy (non-hydrogen) atoms. The Morgan fingerprint density at radius 3 is 2.52 bits per heavy atom. The summed E-state index contributed by atoms with van der Waals surface area (Å²) in [6.45, 7) is 2.64. The van der Waals surface area contributed by atoms with Crippen molar-refractivity contribution < 1.29 is 4.74 Å². The van der Waals surface area contributed by atoms with E-state index in [9.17, 15) is 0 Å². The van der Waals surface area contributed by atoms with Crippen molar-refractivity contribution in [2.24, 2.45) is 0 Å². The van der Waals surface area contributed by atoms with Crippen LogP contribution in [-0.2, 0) is 6.61 Å². The number of aryl methyl sites for hydroxylation is 1. The predicted molar refractivity (Wildman–Crippen MR) is 81.3 cm³/mol. The number of benzene rings is 2. The van der Waals surface area contributed by atoms with E-state index in [-0.39, 0.29) is 5.95 Å². The van der Waals surface area contributed by atoms with Crippen molar-refractivity contribution in [3.8, 4) is 11.4 Å². The molecule has 0 aliphatic rings. The van der Waals surface area contributed by atoms with Crippen molar-refractivity contribution in [3.05, 3.63) is 66.0 Å². The zero-order valence-corrected chi connectivity index (χ0v) is 11.7. The van der Waals surface area contributed by atoms with Crippen LogP contribution < -0.4 is 10.5 Å². The minimum Gasteiger partial charge on any atom is -0.489 e. The van der Waals surface area contributed by atoms with Crippen LogP contribution in [-0.4, -0.2) is 14.8 Å². The van der Waals surface area contributed by atoms with Gasteiger partial charge in [-0.05, 0) is 42.3 Å². The molecule has 2 aromatic carbocycles. The van der Waals surface area contributed by atoms with Crippen LogP contribution in [0.5, 0.6) is 5.75 Å². The molecule has 5 nitrogen and oxygen atoms in total. The van der Waals surface area contributed by atoms with Gasteiger partial charge in [0.2, 0.25) is 5.95 Å². The Hall–Kier alpha value is -2.82. The fourth-order valence-corrected chi connectivity index (χ4v) is 2.03. The number of aromatic nitrogens is 3. The van der Waals surface area contributed by atoms with Crippen molar-refractivity contribution in [1.29, 1.82) is 0 Å². The van der Waals surface area contributed by atoms with Gasteiger partial charge in [-0.2, -0.15) is 0 Å². The lowest BCUT2D eigenvalue weighted by molar-refractivity contribution is 0.305. The van der Waals surface area contributed by atoms with Crippen molar-refractivity contribution in [3.63, 3.8) is 0 Å². The van der Waals surface area contributed by atoms with E-state index in [1.54, 1.807) is 11.0 Å². The fraction of sp³-hybridized carbons (Fsp3) is 0.125.